The first-order valence-corrected chi connectivity index (χ1v) is 6.12. The zero-order chi connectivity index (χ0) is 13.2. The highest BCUT2D eigenvalue weighted by molar-refractivity contribution is 5.46. The Bertz CT molecular complexity index is 644. The number of aromatic nitrogens is 1. The van der Waals surface area contributed by atoms with Gasteiger partial charge >= 0.3 is 0 Å². The van der Waals surface area contributed by atoms with E-state index in [9.17, 15) is 5.11 Å². The number of hydrogen-bond donors (Lipinski definition) is 1. The number of aliphatic hydroxyl groups is 1. The van der Waals surface area contributed by atoms with Gasteiger partial charge in [-0.2, -0.15) is 5.26 Å². The fourth-order valence-electron chi connectivity index (χ4n) is 2.31. The molecule has 1 aliphatic carbocycles. The number of ether oxygens (including phenoxy) is 1. The van der Waals surface area contributed by atoms with E-state index in [4.69, 9.17) is 10.00 Å². The van der Waals surface area contributed by atoms with E-state index >= 15 is 0 Å². The Morgan fingerprint density at radius 1 is 1.32 bits per heavy atom. The number of hydrogen-bond acceptors (Lipinski definition) is 4. The minimum atomic E-state index is -0.396. The molecule has 0 aliphatic heterocycles. The Morgan fingerprint density at radius 2 is 2.21 bits per heavy atom. The summed E-state index contributed by atoms with van der Waals surface area (Å²) in [6.45, 7) is 0. The zero-order valence-electron chi connectivity index (χ0n) is 10.2. The molecular formula is C15H12N2O2. The molecule has 0 bridgehead atoms. The van der Waals surface area contributed by atoms with Crippen molar-refractivity contribution < 1.29 is 9.84 Å². The van der Waals surface area contributed by atoms with Crippen molar-refractivity contribution in [3.05, 3.63) is 53.2 Å². The zero-order valence-corrected chi connectivity index (χ0v) is 10.2. The molecule has 4 heteroatoms. The number of pyridine rings is 1. The largest absolute Gasteiger partial charge is 0.439 e. The normalized spacial score (nSPS) is 16.7. The summed E-state index contributed by atoms with van der Waals surface area (Å²) < 4.78 is 5.74. The number of benzene rings is 1. The van der Waals surface area contributed by atoms with Crippen LogP contribution in [0.3, 0.4) is 0 Å². The van der Waals surface area contributed by atoms with Crippen molar-refractivity contribution in [2.75, 3.05) is 0 Å². The molecule has 1 N–H and O–H groups in total. The highest BCUT2D eigenvalue weighted by atomic mass is 16.5. The monoisotopic (exact) mass is 252 g/mol. The molecule has 0 spiro atoms. The molecule has 1 aromatic heterocycles. The molecule has 0 fully saturated rings. The van der Waals surface area contributed by atoms with Gasteiger partial charge in [-0.15, -0.1) is 0 Å². The average molecular weight is 252 g/mol. The van der Waals surface area contributed by atoms with Crippen molar-refractivity contribution in [1.29, 1.82) is 5.26 Å². The first-order chi connectivity index (χ1) is 9.28. The summed E-state index contributed by atoms with van der Waals surface area (Å²) in [5, 5.41) is 18.5. The Balaban J connectivity index is 1.90. The summed E-state index contributed by atoms with van der Waals surface area (Å²) in [5.74, 6) is 1.18. The van der Waals surface area contributed by atoms with Gasteiger partial charge in [-0.3, -0.25) is 0 Å². The third-order valence-corrected chi connectivity index (χ3v) is 3.28. The molecule has 0 radical (unpaired) electrons. The Kier molecular flexibility index (Phi) is 2.90. The smallest absolute Gasteiger partial charge is 0.219 e. The van der Waals surface area contributed by atoms with E-state index in [1.165, 1.54) is 6.20 Å². The predicted molar refractivity (Wildman–Crippen MR) is 68.7 cm³/mol. The van der Waals surface area contributed by atoms with Gasteiger partial charge in [0.1, 0.15) is 11.8 Å². The first kappa shape index (κ1) is 11.7. The standard InChI is InChI=1S/C15H12N2O2/c16-8-10-4-7-15(17-9-10)19-14-3-1-2-11-12(14)5-6-13(11)18/h1-4,7,9,13,18H,5-6H2/t13-/m0/s1. The van der Waals surface area contributed by atoms with Crippen LogP contribution in [0.5, 0.6) is 11.6 Å². The molecule has 0 saturated heterocycles. The topological polar surface area (TPSA) is 66.1 Å². The van der Waals surface area contributed by atoms with Crippen molar-refractivity contribution in [2.24, 2.45) is 0 Å². The molecule has 2 aromatic rings. The molecule has 1 aliphatic rings. The van der Waals surface area contributed by atoms with Gasteiger partial charge in [-0.1, -0.05) is 12.1 Å². The second-order valence-corrected chi connectivity index (χ2v) is 4.48. The highest BCUT2D eigenvalue weighted by Crippen LogP contribution is 2.38. The van der Waals surface area contributed by atoms with Crippen LogP contribution in [0.1, 0.15) is 29.2 Å². The van der Waals surface area contributed by atoms with Gasteiger partial charge in [0, 0.05) is 17.8 Å². The van der Waals surface area contributed by atoms with E-state index in [0.29, 0.717) is 11.4 Å². The molecule has 0 unspecified atom stereocenters. The summed E-state index contributed by atoms with van der Waals surface area (Å²) in [6, 6.07) is 11.0. The molecule has 3 rings (SSSR count). The summed E-state index contributed by atoms with van der Waals surface area (Å²) in [6.07, 6.45) is 2.62. The van der Waals surface area contributed by atoms with Crippen LogP contribution in [-0.2, 0) is 6.42 Å². The van der Waals surface area contributed by atoms with Gasteiger partial charge in [0.2, 0.25) is 5.88 Å². The van der Waals surface area contributed by atoms with Crippen LogP contribution in [0.2, 0.25) is 0 Å². The minimum Gasteiger partial charge on any atom is -0.439 e. The second-order valence-electron chi connectivity index (χ2n) is 4.48. The first-order valence-electron chi connectivity index (χ1n) is 6.12. The van der Waals surface area contributed by atoms with Crippen LogP contribution < -0.4 is 4.74 Å². The van der Waals surface area contributed by atoms with Crippen LogP contribution in [-0.4, -0.2) is 10.1 Å². The molecule has 0 amide bonds. The second kappa shape index (κ2) is 4.71. The number of rotatable bonds is 2. The maximum atomic E-state index is 9.83. The van der Waals surface area contributed by atoms with Crippen LogP contribution in [0.4, 0.5) is 0 Å². The lowest BCUT2D eigenvalue weighted by atomic mass is 10.1. The third kappa shape index (κ3) is 2.16. The summed E-state index contributed by atoms with van der Waals surface area (Å²) >= 11 is 0. The molecule has 19 heavy (non-hydrogen) atoms. The number of nitriles is 1. The van der Waals surface area contributed by atoms with Gasteiger partial charge in [0.05, 0.1) is 11.7 Å². The van der Waals surface area contributed by atoms with Crippen molar-refractivity contribution in [1.82, 2.24) is 4.98 Å². The highest BCUT2D eigenvalue weighted by Gasteiger charge is 2.23. The third-order valence-electron chi connectivity index (χ3n) is 3.28. The number of fused-ring (bicyclic) bond motifs is 1. The molecule has 1 atom stereocenters. The van der Waals surface area contributed by atoms with E-state index < -0.39 is 6.10 Å². The fraction of sp³-hybridized carbons (Fsp3) is 0.200. The predicted octanol–water partition coefficient (Wildman–Crippen LogP) is 2.73. The van der Waals surface area contributed by atoms with Gasteiger partial charge in [-0.25, -0.2) is 4.98 Å². The molecule has 1 aromatic carbocycles. The van der Waals surface area contributed by atoms with Gasteiger partial charge < -0.3 is 9.84 Å². The van der Waals surface area contributed by atoms with E-state index in [0.717, 1.165) is 29.7 Å². The maximum absolute atomic E-state index is 9.83. The maximum Gasteiger partial charge on any atom is 0.219 e. The van der Waals surface area contributed by atoms with Crippen molar-refractivity contribution in [3.8, 4) is 17.7 Å². The molecule has 1 heterocycles. The Hall–Kier alpha value is -2.38. The minimum absolute atomic E-state index is 0.396. The van der Waals surface area contributed by atoms with E-state index in [1.54, 1.807) is 12.1 Å². The molecule has 94 valence electrons. The number of aliphatic hydroxyl groups excluding tert-OH is 1. The Labute approximate surface area is 110 Å². The van der Waals surface area contributed by atoms with Crippen LogP contribution in [0, 0.1) is 11.3 Å². The summed E-state index contributed by atoms with van der Waals surface area (Å²) in [5.41, 5.74) is 2.48. The van der Waals surface area contributed by atoms with Crippen LogP contribution in [0.15, 0.2) is 36.5 Å². The van der Waals surface area contributed by atoms with Crippen molar-refractivity contribution in [2.45, 2.75) is 18.9 Å². The van der Waals surface area contributed by atoms with Gasteiger partial charge in [-0.05, 0) is 30.5 Å². The van der Waals surface area contributed by atoms with E-state index in [1.807, 2.05) is 24.3 Å². The molecule has 4 nitrogen and oxygen atoms in total. The SMILES string of the molecule is N#Cc1ccc(Oc2cccc3c2CC[C@@H]3O)nc1. The summed E-state index contributed by atoms with van der Waals surface area (Å²) in [7, 11) is 0. The quantitative estimate of drug-likeness (QED) is 0.892. The van der Waals surface area contributed by atoms with Crippen LogP contribution in [0.25, 0.3) is 0 Å². The van der Waals surface area contributed by atoms with Crippen molar-refractivity contribution in [3.63, 3.8) is 0 Å². The molecule has 0 saturated carbocycles. The van der Waals surface area contributed by atoms with E-state index in [2.05, 4.69) is 4.98 Å². The van der Waals surface area contributed by atoms with Gasteiger partial charge in [0.15, 0.2) is 0 Å². The molecular weight excluding hydrogens is 240 g/mol. The van der Waals surface area contributed by atoms with Crippen LogP contribution >= 0.6 is 0 Å². The van der Waals surface area contributed by atoms with E-state index in [-0.39, 0.29) is 0 Å². The fourth-order valence-corrected chi connectivity index (χ4v) is 2.31. The lowest BCUT2D eigenvalue weighted by Crippen LogP contribution is -1.94. The lowest BCUT2D eigenvalue weighted by molar-refractivity contribution is 0.180. The Morgan fingerprint density at radius 3 is 2.95 bits per heavy atom. The average Bonchev–Trinajstić information content (AvgIpc) is 2.83. The lowest BCUT2D eigenvalue weighted by Gasteiger charge is -2.10. The van der Waals surface area contributed by atoms with Crippen molar-refractivity contribution >= 4 is 0 Å². The summed E-state index contributed by atoms with van der Waals surface area (Å²) in [4.78, 5) is 4.08. The number of nitrogens with zero attached hydrogens (tertiary/aromatic N) is 2. The van der Waals surface area contributed by atoms with Gasteiger partial charge in [0.25, 0.3) is 0 Å².